The molecule has 1 aliphatic heterocycles. The summed E-state index contributed by atoms with van der Waals surface area (Å²) in [5, 5.41) is 0.147. The van der Waals surface area contributed by atoms with Gasteiger partial charge in [0.15, 0.2) is 25.3 Å². The topological polar surface area (TPSA) is 88.1 Å². The number of hydrogen-bond donors (Lipinski definition) is 1. The van der Waals surface area contributed by atoms with Crippen LogP contribution in [-0.4, -0.2) is 40.0 Å². The fourth-order valence-corrected chi connectivity index (χ4v) is 3.95. The number of fused-ring (bicyclic) bond motifs is 1. The van der Waals surface area contributed by atoms with Gasteiger partial charge in [0.25, 0.3) is 0 Å². The molecule has 26 heavy (non-hydrogen) atoms. The van der Waals surface area contributed by atoms with Crippen LogP contribution in [0.4, 0.5) is 10.2 Å². The lowest BCUT2D eigenvalue weighted by Crippen LogP contribution is -2.45. The van der Waals surface area contributed by atoms with E-state index in [1.165, 1.54) is 0 Å². The van der Waals surface area contributed by atoms with Crippen LogP contribution in [0.25, 0.3) is 11.2 Å². The smallest absolute Gasteiger partial charge is 0.312 e. The van der Waals surface area contributed by atoms with E-state index in [2.05, 4.69) is 55.7 Å². The molecular weight excluding hydrogens is 353 g/mol. The van der Waals surface area contributed by atoms with Crippen molar-refractivity contribution in [2.75, 3.05) is 12.3 Å². The predicted octanol–water partition coefficient (Wildman–Crippen LogP) is 3.64. The van der Waals surface area contributed by atoms with Gasteiger partial charge in [0.05, 0.1) is 18.5 Å². The molecule has 2 atom stereocenters. The lowest BCUT2D eigenvalue weighted by Gasteiger charge is -2.38. The van der Waals surface area contributed by atoms with Gasteiger partial charge in [-0.25, -0.2) is 4.98 Å². The molecule has 1 aliphatic rings. The Morgan fingerprint density at radius 3 is 2.77 bits per heavy atom. The summed E-state index contributed by atoms with van der Waals surface area (Å²) < 4.78 is 27.9. The first kappa shape index (κ1) is 19.2. The number of rotatable bonds is 4. The summed E-state index contributed by atoms with van der Waals surface area (Å²) in [5.41, 5.74) is 6.09. The normalized spacial score (nSPS) is 24.5. The summed E-state index contributed by atoms with van der Waals surface area (Å²) in [7, 11) is -1.85. The highest BCUT2D eigenvalue weighted by Gasteiger charge is 2.43. The number of nitrogen functional groups attached to an aromatic ring is 1. The molecule has 2 N–H and O–H groups in total. The van der Waals surface area contributed by atoms with E-state index in [4.69, 9.17) is 14.9 Å². The number of ether oxygens (including phenoxy) is 1. The van der Waals surface area contributed by atoms with Crippen molar-refractivity contribution in [2.24, 2.45) is 0 Å². The Hall–Kier alpha value is -1.58. The number of halogens is 1. The van der Waals surface area contributed by atoms with Crippen molar-refractivity contribution >= 4 is 25.3 Å². The van der Waals surface area contributed by atoms with E-state index < -0.39 is 20.0 Å². The van der Waals surface area contributed by atoms with E-state index in [0.29, 0.717) is 17.8 Å². The standard InChI is InChI=1S/C17H28FN5O2Si/c1-16(2,3)26(5,6)24-9-17(4)8-7-11(25-17)23-10-20-12-13(19)21-15(18)22-14(12)23/h10-11H,7-9H2,1-6H3,(H2,19,21,22)/t11-,17+/m1/s1. The second-order valence-corrected chi connectivity index (χ2v) is 13.6. The zero-order valence-corrected chi connectivity index (χ0v) is 17.3. The number of hydrogen-bond acceptors (Lipinski definition) is 6. The van der Waals surface area contributed by atoms with E-state index in [1.54, 1.807) is 10.9 Å². The van der Waals surface area contributed by atoms with Gasteiger partial charge in [-0.15, -0.1) is 0 Å². The van der Waals surface area contributed by atoms with Gasteiger partial charge < -0.3 is 14.9 Å². The van der Waals surface area contributed by atoms with Crippen LogP contribution in [0.1, 0.15) is 46.8 Å². The Morgan fingerprint density at radius 2 is 2.12 bits per heavy atom. The van der Waals surface area contributed by atoms with Gasteiger partial charge in [-0.3, -0.25) is 4.57 Å². The van der Waals surface area contributed by atoms with Crippen LogP contribution < -0.4 is 5.73 Å². The molecule has 1 saturated heterocycles. The molecule has 3 heterocycles. The predicted molar refractivity (Wildman–Crippen MR) is 101 cm³/mol. The number of imidazole rings is 1. The SMILES string of the molecule is CC(C)(C)[Si](C)(C)OC[C@]1(C)CC[C@H](n2cnc3c(N)nc(F)nc32)O1. The summed E-state index contributed by atoms with van der Waals surface area (Å²) in [4.78, 5) is 11.6. The van der Waals surface area contributed by atoms with E-state index in [9.17, 15) is 4.39 Å². The third-order valence-electron chi connectivity index (χ3n) is 5.62. The Labute approximate surface area is 154 Å². The van der Waals surface area contributed by atoms with Crippen LogP contribution in [0.5, 0.6) is 0 Å². The minimum atomic E-state index is -1.85. The third kappa shape index (κ3) is 3.47. The second kappa shape index (κ2) is 6.24. The highest BCUT2D eigenvalue weighted by Crippen LogP contribution is 2.41. The molecule has 2 aromatic heterocycles. The molecule has 0 aromatic carbocycles. The third-order valence-corrected chi connectivity index (χ3v) is 10.1. The molecule has 0 unspecified atom stereocenters. The van der Waals surface area contributed by atoms with Crippen LogP contribution >= 0.6 is 0 Å². The molecule has 0 radical (unpaired) electrons. The maximum atomic E-state index is 13.6. The van der Waals surface area contributed by atoms with Gasteiger partial charge >= 0.3 is 6.08 Å². The van der Waals surface area contributed by atoms with E-state index in [-0.39, 0.29) is 17.1 Å². The molecule has 0 aliphatic carbocycles. The van der Waals surface area contributed by atoms with Gasteiger partial charge in [0.2, 0.25) is 0 Å². The minimum absolute atomic E-state index is 0.0354. The Morgan fingerprint density at radius 1 is 1.42 bits per heavy atom. The first-order valence-electron chi connectivity index (χ1n) is 8.89. The van der Waals surface area contributed by atoms with Gasteiger partial charge in [-0.2, -0.15) is 14.4 Å². The van der Waals surface area contributed by atoms with E-state index >= 15 is 0 Å². The molecule has 0 bridgehead atoms. The van der Waals surface area contributed by atoms with Gasteiger partial charge in [-0.1, -0.05) is 20.8 Å². The van der Waals surface area contributed by atoms with Crippen molar-refractivity contribution in [3.05, 3.63) is 12.4 Å². The summed E-state index contributed by atoms with van der Waals surface area (Å²) in [5.74, 6) is 0.0354. The number of nitrogens with zero attached hydrogens (tertiary/aromatic N) is 4. The average molecular weight is 382 g/mol. The van der Waals surface area contributed by atoms with E-state index in [1.807, 2.05) is 0 Å². The quantitative estimate of drug-likeness (QED) is 0.642. The van der Waals surface area contributed by atoms with Crippen molar-refractivity contribution in [1.29, 1.82) is 0 Å². The molecule has 144 valence electrons. The maximum absolute atomic E-state index is 13.6. The van der Waals surface area contributed by atoms with Crippen molar-refractivity contribution in [3.63, 3.8) is 0 Å². The largest absolute Gasteiger partial charge is 0.414 e. The van der Waals surface area contributed by atoms with Crippen LogP contribution in [0.15, 0.2) is 6.33 Å². The molecule has 1 fully saturated rings. The first-order valence-corrected chi connectivity index (χ1v) is 11.8. The van der Waals surface area contributed by atoms with Crippen LogP contribution in [0.3, 0.4) is 0 Å². The van der Waals surface area contributed by atoms with Gasteiger partial charge in [0, 0.05) is 0 Å². The van der Waals surface area contributed by atoms with Crippen molar-refractivity contribution < 1.29 is 13.6 Å². The van der Waals surface area contributed by atoms with Gasteiger partial charge in [-0.05, 0) is 37.9 Å². The monoisotopic (exact) mass is 381 g/mol. The molecule has 2 aromatic rings. The highest BCUT2D eigenvalue weighted by atomic mass is 28.4. The summed E-state index contributed by atoms with van der Waals surface area (Å²) in [6.45, 7) is 13.7. The Balaban J connectivity index is 1.76. The van der Waals surface area contributed by atoms with Crippen molar-refractivity contribution in [3.8, 4) is 0 Å². The summed E-state index contributed by atoms with van der Waals surface area (Å²) in [6.07, 6.45) is 2.06. The molecular formula is C17H28FN5O2Si. The fraction of sp³-hybridized carbons (Fsp3) is 0.706. The fourth-order valence-electron chi connectivity index (χ4n) is 2.85. The Bertz CT molecular complexity index is 819. The van der Waals surface area contributed by atoms with E-state index in [0.717, 1.165) is 12.8 Å². The first-order chi connectivity index (χ1) is 11.9. The highest BCUT2D eigenvalue weighted by molar-refractivity contribution is 6.74. The number of anilines is 1. The van der Waals surface area contributed by atoms with Crippen LogP contribution in [-0.2, 0) is 9.16 Å². The van der Waals surface area contributed by atoms with Crippen LogP contribution in [0.2, 0.25) is 18.1 Å². The minimum Gasteiger partial charge on any atom is -0.414 e. The summed E-state index contributed by atoms with van der Waals surface area (Å²) in [6, 6.07) is 0. The maximum Gasteiger partial charge on any atom is 0.312 e. The molecule has 0 spiro atoms. The number of nitrogens with two attached hydrogens (primary N) is 1. The zero-order valence-electron chi connectivity index (χ0n) is 16.3. The molecule has 0 saturated carbocycles. The zero-order chi connectivity index (χ0) is 19.3. The lowest BCUT2D eigenvalue weighted by molar-refractivity contribution is -0.0826. The molecule has 9 heteroatoms. The molecule has 3 rings (SSSR count). The van der Waals surface area contributed by atoms with Crippen LogP contribution in [0, 0.1) is 6.08 Å². The number of aromatic nitrogens is 4. The van der Waals surface area contributed by atoms with Gasteiger partial charge in [0.1, 0.15) is 6.23 Å². The van der Waals surface area contributed by atoms with Crippen molar-refractivity contribution in [1.82, 2.24) is 19.5 Å². The Kier molecular flexibility index (Phi) is 4.61. The average Bonchev–Trinajstić information content (AvgIpc) is 3.08. The van der Waals surface area contributed by atoms with Crippen molar-refractivity contribution in [2.45, 2.75) is 70.5 Å². The second-order valence-electron chi connectivity index (χ2n) is 8.81. The lowest BCUT2D eigenvalue weighted by atomic mass is 10.0. The molecule has 0 amide bonds. The molecule has 7 nitrogen and oxygen atoms in total. The summed E-state index contributed by atoms with van der Waals surface area (Å²) >= 11 is 0.